The number of rotatable bonds is 0. The van der Waals surface area contributed by atoms with E-state index in [1.54, 1.807) is 0 Å². The maximum absolute atomic E-state index is 9.85. The zero-order valence-corrected chi connectivity index (χ0v) is 12.4. The molecule has 0 fully saturated rings. The normalized spacial score (nSPS) is 6.62. The van der Waals surface area contributed by atoms with Gasteiger partial charge in [0.2, 0.25) is 0 Å². The number of carboxylic acids is 2. The zero-order chi connectivity index (χ0) is 10.7. The van der Waals surface area contributed by atoms with Crippen molar-refractivity contribution in [2.45, 2.75) is 13.8 Å². The minimum Gasteiger partial charge on any atom is 2.00 e. The van der Waals surface area contributed by atoms with E-state index >= 15 is 0 Å². The summed E-state index contributed by atoms with van der Waals surface area (Å²) >= 11 is -4.95. The average Bonchev–Trinajstić information content (AvgIpc) is 1.54. The van der Waals surface area contributed by atoms with Crippen molar-refractivity contribution >= 4 is 33.9 Å². The smallest absolute Gasteiger partial charge is 2.00 e. The molecule has 0 rings (SSSR count). The topological polar surface area (TPSA) is 80.3 Å². The van der Waals surface area contributed by atoms with Crippen LogP contribution < -0.4 is 10.2 Å². The molecule has 0 aliphatic rings. The number of aliphatic carboxylic acids is 2. The van der Waals surface area contributed by atoms with E-state index in [4.69, 9.17) is 19.8 Å². The van der Waals surface area contributed by atoms with Gasteiger partial charge < -0.3 is 19.8 Å². The number of hydrogen-bond acceptors (Lipinski definition) is 4. The number of carboxylic acid groups (broad SMARTS) is 2. The van der Waals surface area contributed by atoms with E-state index in [1.165, 1.54) is 0 Å². The Hall–Kier alpha value is 0.172. The monoisotopic (exact) mass is 360 g/mol. The summed E-state index contributed by atoms with van der Waals surface area (Å²) < 4.78 is 29.6. The third-order valence-electron chi connectivity index (χ3n) is 0. The summed E-state index contributed by atoms with van der Waals surface area (Å²) in [5.41, 5.74) is 0. The molecule has 0 atom stereocenters. The second kappa shape index (κ2) is 18.1. The van der Waals surface area contributed by atoms with Crippen LogP contribution in [0.15, 0.2) is 0 Å². The van der Waals surface area contributed by atoms with Crippen LogP contribution in [0.2, 0.25) is 0 Å². The van der Waals surface area contributed by atoms with Gasteiger partial charge in [-0.1, -0.05) is 0 Å². The third-order valence-corrected chi connectivity index (χ3v) is 0. The Morgan fingerprint density at radius 3 is 1.00 bits per heavy atom. The first kappa shape index (κ1) is 23.2. The molecule has 0 aliphatic heterocycles. The van der Waals surface area contributed by atoms with Gasteiger partial charge in [-0.2, -0.15) is 0 Å². The SMILES string of the molecule is CC(=O)[O-].CC(=O)[O-].[F][Sb]([F])[F].[Zn+2]. The van der Waals surface area contributed by atoms with Crippen LogP contribution in [-0.2, 0) is 29.1 Å². The molecule has 0 aromatic carbocycles. The molecule has 0 unspecified atom stereocenters. The Labute approximate surface area is 95.2 Å². The van der Waals surface area contributed by atoms with E-state index in [0.717, 1.165) is 13.8 Å². The van der Waals surface area contributed by atoms with Crippen molar-refractivity contribution in [3.8, 4) is 0 Å². The fourth-order valence-corrected chi connectivity index (χ4v) is 0. The standard InChI is InChI=1S/2C2H4O2.3FH.Sb.Zn/c2*1-2(3)4;;;;;/h2*1H3,(H,3,4);3*1H;;/q;;;;;+3;+2/p-5. The average molecular weight is 362 g/mol. The van der Waals surface area contributed by atoms with E-state index in [0.29, 0.717) is 0 Å². The maximum atomic E-state index is 9.85. The van der Waals surface area contributed by atoms with Crippen molar-refractivity contribution < 1.29 is 47.7 Å². The quantitative estimate of drug-likeness (QED) is 0.486. The van der Waals surface area contributed by atoms with Gasteiger partial charge in [-0.25, -0.2) is 0 Å². The van der Waals surface area contributed by atoms with Crippen molar-refractivity contribution in [1.29, 1.82) is 0 Å². The summed E-state index contributed by atoms with van der Waals surface area (Å²) in [4.78, 5) is 17.8. The van der Waals surface area contributed by atoms with E-state index in [1.807, 2.05) is 0 Å². The van der Waals surface area contributed by atoms with Gasteiger partial charge in [-0.15, -0.1) is 0 Å². The second-order valence-corrected chi connectivity index (χ2v) is 2.27. The minimum atomic E-state index is -4.95. The molecule has 0 aromatic heterocycles. The third kappa shape index (κ3) is 42800. The van der Waals surface area contributed by atoms with Crippen LogP contribution in [0.25, 0.3) is 0 Å². The number of carbonyl (C=O) groups is 2. The molecular formula is C4H6F3O4SbZn. The maximum Gasteiger partial charge on any atom is 2.00 e. The van der Waals surface area contributed by atoms with Gasteiger partial charge in [-0.05, 0) is 13.8 Å². The van der Waals surface area contributed by atoms with Gasteiger partial charge in [-0.3, -0.25) is 0 Å². The molecule has 0 heterocycles. The molecule has 0 N–H and O–H groups in total. The molecule has 0 aliphatic carbocycles. The number of hydrogen-bond donors (Lipinski definition) is 0. The Balaban J connectivity index is -0.0000000450. The molecule has 0 radical (unpaired) electrons. The van der Waals surface area contributed by atoms with E-state index in [9.17, 15) is 8.44 Å². The summed E-state index contributed by atoms with van der Waals surface area (Å²) in [6, 6.07) is 0. The Morgan fingerprint density at radius 2 is 1.00 bits per heavy atom. The molecule has 4 nitrogen and oxygen atoms in total. The molecule has 0 aromatic rings. The van der Waals surface area contributed by atoms with Crippen molar-refractivity contribution in [3.05, 3.63) is 0 Å². The fourth-order valence-electron chi connectivity index (χ4n) is 0. The summed E-state index contributed by atoms with van der Waals surface area (Å²) in [6.45, 7) is 1.94. The first-order valence-corrected chi connectivity index (χ1v) is 5.22. The summed E-state index contributed by atoms with van der Waals surface area (Å²) in [6.07, 6.45) is 0. The predicted octanol–water partition coefficient (Wildman–Crippen LogP) is -1.61. The van der Waals surface area contributed by atoms with E-state index in [2.05, 4.69) is 0 Å². The van der Waals surface area contributed by atoms with Gasteiger partial charge in [0.05, 0.1) is 0 Å². The zero-order valence-electron chi connectivity index (χ0n) is 6.92. The van der Waals surface area contributed by atoms with Gasteiger partial charge in [0.15, 0.2) is 0 Å². The van der Waals surface area contributed by atoms with Crippen LogP contribution >= 0.6 is 0 Å². The number of carbonyl (C=O) groups excluding carboxylic acids is 2. The van der Waals surface area contributed by atoms with Crippen molar-refractivity contribution in [1.82, 2.24) is 0 Å². The van der Waals surface area contributed by atoms with E-state index in [-0.39, 0.29) is 19.5 Å². The van der Waals surface area contributed by atoms with Crippen molar-refractivity contribution in [2.24, 2.45) is 0 Å². The van der Waals surface area contributed by atoms with Crippen LogP contribution in [0.4, 0.5) is 8.44 Å². The summed E-state index contributed by atoms with van der Waals surface area (Å²) in [7, 11) is 0. The second-order valence-electron chi connectivity index (χ2n) is 1.17. The molecule has 0 spiro atoms. The van der Waals surface area contributed by atoms with Gasteiger partial charge in [0, 0.05) is 11.9 Å². The first-order chi connectivity index (χ1) is 5.20. The van der Waals surface area contributed by atoms with Crippen molar-refractivity contribution in [2.75, 3.05) is 0 Å². The van der Waals surface area contributed by atoms with Gasteiger partial charge in [0.1, 0.15) is 0 Å². The molecule has 0 saturated carbocycles. The Kier molecular flexibility index (Phi) is 32.2. The molecule has 0 amide bonds. The van der Waals surface area contributed by atoms with E-state index < -0.39 is 33.9 Å². The van der Waals surface area contributed by atoms with Crippen LogP contribution in [-0.4, -0.2) is 33.9 Å². The number of halogens is 3. The first-order valence-electron chi connectivity index (χ1n) is 2.32. The van der Waals surface area contributed by atoms with Gasteiger partial charge >= 0.3 is 49.9 Å². The largest absolute Gasteiger partial charge is 2.00 e. The Bertz CT molecular complexity index is 112. The molecule has 0 saturated heterocycles. The summed E-state index contributed by atoms with van der Waals surface area (Å²) in [5, 5.41) is 17.8. The summed E-state index contributed by atoms with van der Waals surface area (Å²) in [5.74, 6) is -2.17. The minimum absolute atomic E-state index is 0. The molecule has 13 heavy (non-hydrogen) atoms. The van der Waals surface area contributed by atoms with Crippen LogP contribution in [0.3, 0.4) is 0 Å². The Morgan fingerprint density at radius 1 is 1.00 bits per heavy atom. The van der Waals surface area contributed by atoms with Crippen molar-refractivity contribution in [3.63, 3.8) is 0 Å². The van der Waals surface area contributed by atoms with Crippen LogP contribution in [0.5, 0.6) is 0 Å². The molecular weight excluding hydrogens is 356 g/mol. The molecule has 74 valence electrons. The van der Waals surface area contributed by atoms with Gasteiger partial charge in [0.25, 0.3) is 0 Å². The predicted molar refractivity (Wildman–Crippen MR) is 30.4 cm³/mol. The van der Waals surface area contributed by atoms with Crippen LogP contribution in [0.1, 0.15) is 13.8 Å². The molecule has 0 bridgehead atoms. The molecule has 9 heteroatoms. The van der Waals surface area contributed by atoms with Crippen LogP contribution in [0, 0.1) is 0 Å². The fraction of sp³-hybridized carbons (Fsp3) is 0.500.